The normalized spacial score (nSPS) is 19.1. The molecule has 0 unspecified atom stereocenters. The summed E-state index contributed by atoms with van der Waals surface area (Å²) in [7, 11) is 3.63. The second-order valence-electron chi connectivity index (χ2n) is 5.16. The molecule has 94 valence electrons. The molecule has 0 aliphatic carbocycles. The Kier molecular flexibility index (Phi) is 5.22. The molecule has 0 bridgehead atoms. The molecule has 0 atom stereocenters. The van der Waals surface area contributed by atoms with Gasteiger partial charge in [0.15, 0.2) is 0 Å². The van der Waals surface area contributed by atoms with Gasteiger partial charge in [-0.3, -0.25) is 9.69 Å². The fourth-order valence-electron chi connectivity index (χ4n) is 2.06. The Bertz CT molecular complexity index is 220. The number of nitrogens with one attached hydrogen (secondary N) is 1. The molecular formula is C12H25N3O. The quantitative estimate of drug-likeness (QED) is 0.761. The summed E-state index contributed by atoms with van der Waals surface area (Å²) >= 11 is 0. The highest BCUT2D eigenvalue weighted by atomic mass is 16.2. The van der Waals surface area contributed by atoms with E-state index in [2.05, 4.69) is 24.1 Å². The maximum absolute atomic E-state index is 11.5. The maximum Gasteiger partial charge on any atom is 0.236 e. The predicted octanol–water partition coefficient (Wildman–Crippen LogP) is 0.537. The molecule has 1 N–H and O–H groups in total. The molecule has 1 heterocycles. The molecule has 0 aromatic carbocycles. The number of hydrogen-bond donors (Lipinski definition) is 1. The smallest absolute Gasteiger partial charge is 0.236 e. The summed E-state index contributed by atoms with van der Waals surface area (Å²) < 4.78 is 0. The van der Waals surface area contributed by atoms with E-state index in [-0.39, 0.29) is 5.91 Å². The molecule has 1 fully saturated rings. The Hall–Kier alpha value is -0.610. The lowest BCUT2D eigenvalue weighted by Crippen LogP contribution is -2.47. The Balaban J connectivity index is 2.24. The number of rotatable bonds is 4. The lowest BCUT2D eigenvalue weighted by atomic mass is 10.0. The summed E-state index contributed by atoms with van der Waals surface area (Å²) in [5.74, 6) is 0.204. The number of amides is 1. The standard InChI is InChI=1S/C12H25N3O/c1-10(2)13-11-5-7-15(8-6-11)9-12(16)14(3)4/h10-11,13H,5-9H2,1-4H3. The third kappa shape index (κ3) is 4.49. The molecule has 1 rings (SSSR count). The fourth-order valence-corrected chi connectivity index (χ4v) is 2.06. The Labute approximate surface area is 99.0 Å². The van der Waals surface area contributed by atoms with Crippen molar-refractivity contribution < 1.29 is 4.79 Å². The van der Waals surface area contributed by atoms with E-state index >= 15 is 0 Å². The van der Waals surface area contributed by atoms with Gasteiger partial charge in [-0.2, -0.15) is 0 Å². The van der Waals surface area contributed by atoms with Gasteiger partial charge in [-0.05, 0) is 12.8 Å². The van der Waals surface area contributed by atoms with Crippen LogP contribution in [0, 0.1) is 0 Å². The van der Waals surface area contributed by atoms with Crippen molar-refractivity contribution in [1.82, 2.24) is 15.1 Å². The van der Waals surface area contributed by atoms with Gasteiger partial charge in [-0.25, -0.2) is 0 Å². The third-order valence-electron chi connectivity index (χ3n) is 3.01. The minimum absolute atomic E-state index is 0.204. The van der Waals surface area contributed by atoms with Gasteiger partial charge in [-0.1, -0.05) is 13.8 Å². The topological polar surface area (TPSA) is 35.6 Å². The fraction of sp³-hybridized carbons (Fsp3) is 0.917. The average molecular weight is 227 g/mol. The van der Waals surface area contributed by atoms with Crippen LogP contribution in [0.4, 0.5) is 0 Å². The summed E-state index contributed by atoms with van der Waals surface area (Å²) in [6.45, 7) is 7.00. The van der Waals surface area contributed by atoms with E-state index in [1.807, 2.05) is 14.1 Å². The Morgan fingerprint density at radius 2 is 1.94 bits per heavy atom. The second-order valence-corrected chi connectivity index (χ2v) is 5.16. The van der Waals surface area contributed by atoms with Crippen molar-refractivity contribution in [1.29, 1.82) is 0 Å². The van der Waals surface area contributed by atoms with Crippen LogP contribution in [-0.4, -0.2) is 61.5 Å². The zero-order valence-electron chi connectivity index (χ0n) is 11.0. The zero-order valence-corrected chi connectivity index (χ0v) is 11.0. The summed E-state index contributed by atoms with van der Waals surface area (Å²) in [6, 6.07) is 1.19. The third-order valence-corrected chi connectivity index (χ3v) is 3.01. The SMILES string of the molecule is CC(C)NC1CCN(CC(=O)N(C)C)CC1. The van der Waals surface area contributed by atoms with Crippen LogP contribution in [-0.2, 0) is 4.79 Å². The van der Waals surface area contributed by atoms with E-state index in [1.54, 1.807) is 4.90 Å². The Morgan fingerprint density at radius 1 is 1.38 bits per heavy atom. The first-order valence-electron chi connectivity index (χ1n) is 6.17. The van der Waals surface area contributed by atoms with E-state index in [0.29, 0.717) is 18.6 Å². The highest BCUT2D eigenvalue weighted by Crippen LogP contribution is 2.10. The molecular weight excluding hydrogens is 202 g/mol. The van der Waals surface area contributed by atoms with E-state index in [4.69, 9.17) is 0 Å². The number of likely N-dealkylation sites (N-methyl/N-ethyl adjacent to an activating group) is 1. The van der Waals surface area contributed by atoms with Gasteiger partial charge >= 0.3 is 0 Å². The van der Waals surface area contributed by atoms with Crippen molar-refractivity contribution in [3.63, 3.8) is 0 Å². The molecule has 1 amide bonds. The first-order chi connectivity index (χ1) is 7.49. The van der Waals surface area contributed by atoms with Crippen LogP contribution < -0.4 is 5.32 Å². The minimum Gasteiger partial charge on any atom is -0.348 e. The van der Waals surface area contributed by atoms with Crippen LogP contribution >= 0.6 is 0 Å². The van der Waals surface area contributed by atoms with Crippen LogP contribution in [0.1, 0.15) is 26.7 Å². The monoisotopic (exact) mass is 227 g/mol. The van der Waals surface area contributed by atoms with Gasteiger partial charge in [-0.15, -0.1) is 0 Å². The molecule has 0 spiro atoms. The van der Waals surface area contributed by atoms with Crippen LogP contribution in [0.5, 0.6) is 0 Å². The van der Waals surface area contributed by atoms with Crippen molar-refractivity contribution in [2.45, 2.75) is 38.8 Å². The maximum atomic E-state index is 11.5. The average Bonchev–Trinajstić information content (AvgIpc) is 2.20. The summed E-state index contributed by atoms with van der Waals surface area (Å²) in [4.78, 5) is 15.5. The van der Waals surface area contributed by atoms with Crippen molar-refractivity contribution in [2.75, 3.05) is 33.7 Å². The number of nitrogens with zero attached hydrogens (tertiary/aromatic N) is 2. The molecule has 0 saturated carbocycles. The van der Waals surface area contributed by atoms with E-state index in [9.17, 15) is 4.79 Å². The molecule has 1 aliphatic rings. The minimum atomic E-state index is 0.204. The van der Waals surface area contributed by atoms with Crippen molar-refractivity contribution >= 4 is 5.91 Å². The summed E-state index contributed by atoms with van der Waals surface area (Å²) in [5, 5.41) is 3.56. The molecule has 16 heavy (non-hydrogen) atoms. The van der Waals surface area contributed by atoms with Crippen LogP contribution in [0.2, 0.25) is 0 Å². The highest BCUT2D eigenvalue weighted by molar-refractivity contribution is 5.77. The van der Waals surface area contributed by atoms with Gasteiger partial charge < -0.3 is 10.2 Å². The van der Waals surface area contributed by atoms with Gasteiger partial charge in [0.2, 0.25) is 5.91 Å². The van der Waals surface area contributed by atoms with Gasteiger partial charge in [0.25, 0.3) is 0 Å². The molecule has 0 aromatic rings. The lowest BCUT2D eigenvalue weighted by molar-refractivity contribution is -0.130. The second kappa shape index (κ2) is 6.21. The van der Waals surface area contributed by atoms with Gasteiger partial charge in [0.05, 0.1) is 6.54 Å². The number of carbonyl (C=O) groups is 1. The van der Waals surface area contributed by atoms with Crippen molar-refractivity contribution in [3.8, 4) is 0 Å². The number of likely N-dealkylation sites (tertiary alicyclic amines) is 1. The van der Waals surface area contributed by atoms with Crippen LogP contribution in [0.25, 0.3) is 0 Å². The van der Waals surface area contributed by atoms with E-state index < -0.39 is 0 Å². The van der Waals surface area contributed by atoms with Crippen LogP contribution in [0.15, 0.2) is 0 Å². The molecule has 0 aromatic heterocycles. The van der Waals surface area contributed by atoms with Gasteiger partial charge in [0, 0.05) is 39.3 Å². The molecule has 4 heteroatoms. The summed E-state index contributed by atoms with van der Waals surface area (Å²) in [5.41, 5.74) is 0. The van der Waals surface area contributed by atoms with Gasteiger partial charge in [0.1, 0.15) is 0 Å². The first kappa shape index (κ1) is 13.5. The first-order valence-corrected chi connectivity index (χ1v) is 6.17. The molecule has 4 nitrogen and oxygen atoms in total. The molecule has 0 radical (unpaired) electrons. The van der Waals surface area contributed by atoms with E-state index in [1.165, 1.54) is 0 Å². The number of carbonyl (C=O) groups excluding carboxylic acids is 1. The van der Waals surface area contributed by atoms with E-state index in [0.717, 1.165) is 25.9 Å². The largest absolute Gasteiger partial charge is 0.348 e. The molecule has 1 aliphatic heterocycles. The van der Waals surface area contributed by atoms with Crippen molar-refractivity contribution in [3.05, 3.63) is 0 Å². The molecule has 1 saturated heterocycles. The zero-order chi connectivity index (χ0) is 12.1. The van der Waals surface area contributed by atoms with Crippen LogP contribution in [0.3, 0.4) is 0 Å². The Morgan fingerprint density at radius 3 is 2.38 bits per heavy atom. The number of piperidine rings is 1. The summed E-state index contributed by atoms with van der Waals surface area (Å²) in [6.07, 6.45) is 2.30. The predicted molar refractivity (Wildman–Crippen MR) is 66.4 cm³/mol. The highest BCUT2D eigenvalue weighted by Gasteiger charge is 2.21. The number of hydrogen-bond acceptors (Lipinski definition) is 3. The lowest BCUT2D eigenvalue weighted by Gasteiger charge is -2.33. The van der Waals surface area contributed by atoms with Crippen molar-refractivity contribution in [2.24, 2.45) is 0 Å².